The minimum absolute atomic E-state index is 0.152. The fraction of sp³-hybridized carbons (Fsp3) is 0.917. The Morgan fingerprint density at radius 3 is 2.67 bits per heavy atom. The van der Waals surface area contributed by atoms with Crippen LogP contribution >= 0.6 is 0 Å². The highest BCUT2D eigenvalue weighted by Gasteiger charge is 2.28. The van der Waals surface area contributed by atoms with Crippen molar-refractivity contribution in [3.05, 3.63) is 0 Å². The molecule has 1 saturated heterocycles. The third-order valence-electron chi connectivity index (χ3n) is 3.11. The molecule has 0 aromatic carbocycles. The molecule has 1 aliphatic heterocycles. The lowest BCUT2D eigenvalue weighted by atomic mass is 9.90. The summed E-state index contributed by atoms with van der Waals surface area (Å²) >= 11 is 0. The van der Waals surface area contributed by atoms with Crippen LogP contribution in [-0.4, -0.2) is 35.6 Å². The van der Waals surface area contributed by atoms with E-state index in [0.29, 0.717) is 11.8 Å². The molecular formula is C12H23NO2. The van der Waals surface area contributed by atoms with Gasteiger partial charge in [-0.25, -0.2) is 0 Å². The van der Waals surface area contributed by atoms with E-state index in [1.807, 2.05) is 0 Å². The van der Waals surface area contributed by atoms with Gasteiger partial charge < -0.3 is 10.0 Å². The summed E-state index contributed by atoms with van der Waals surface area (Å²) in [6.07, 6.45) is 2.01. The predicted molar refractivity (Wildman–Crippen MR) is 60.8 cm³/mol. The largest absolute Gasteiger partial charge is 0.481 e. The van der Waals surface area contributed by atoms with Crippen LogP contribution < -0.4 is 0 Å². The molecule has 0 aromatic heterocycles. The molecule has 0 amide bonds. The van der Waals surface area contributed by atoms with Gasteiger partial charge in [-0.3, -0.25) is 4.79 Å². The van der Waals surface area contributed by atoms with Crippen molar-refractivity contribution in [3.8, 4) is 0 Å². The topological polar surface area (TPSA) is 40.5 Å². The van der Waals surface area contributed by atoms with Crippen molar-refractivity contribution >= 4 is 5.97 Å². The van der Waals surface area contributed by atoms with Crippen LogP contribution in [0.2, 0.25) is 0 Å². The van der Waals surface area contributed by atoms with Gasteiger partial charge in [0.1, 0.15) is 0 Å². The van der Waals surface area contributed by atoms with Gasteiger partial charge in [0.15, 0.2) is 0 Å². The Hall–Kier alpha value is -0.570. The third-order valence-corrected chi connectivity index (χ3v) is 3.11. The summed E-state index contributed by atoms with van der Waals surface area (Å²) in [6, 6.07) is 0. The lowest BCUT2D eigenvalue weighted by Gasteiger charge is -2.34. The number of hydrogen-bond donors (Lipinski definition) is 1. The summed E-state index contributed by atoms with van der Waals surface area (Å²) in [5.74, 6) is 0.439. The van der Waals surface area contributed by atoms with Crippen LogP contribution in [0.3, 0.4) is 0 Å². The van der Waals surface area contributed by atoms with E-state index in [0.717, 1.165) is 26.1 Å². The van der Waals surface area contributed by atoms with Gasteiger partial charge >= 0.3 is 5.97 Å². The van der Waals surface area contributed by atoms with Crippen molar-refractivity contribution in [2.75, 3.05) is 19.6 Å². The van der Waals surface area contributed by atoms with E-state index in [1.54, 1.807) is 0 Å². The maximum Gasteiger partial charge on any atom is 0.307 e. The molecule has 2 unspecified atom stereocenters. The van der Waals surface area contributed by atoms with Crippen molar-refractivity contribution in [3.63, 3.8) is 0 Å². The quantitative estimate of drug-likeness (QED) is 0.777. The molecule has 0 spiro atoms. The smallest absolute Gasteiger partial charge is 0.307 e. The fourth-order valence-electron chi connectivity index (χ4n) is 2.26. The second kappa shape index (κ2) is 5.50. The van der Waals surface area contributed by atoms with E-state index in [-0.39, 0.29) is 5.92 Å². The molecule has 1 rings (SSSR count). The van der Waals surface area contributed by atoms with E-state index >= 15 is 0 Å². The maximum atomic E-state index is 11.0. The first-order valence-electron chi connectivity index (χ1n) is 5.94. The summed E-state index contributed by atoms with van der Waals surface area (Å²) in [5.41, 5.74) is 0. The summed E-state index contributed by atoms with van der Waals surface area (Å²) < 4.78 is 0. The van der Waals surface area contributed by atoms with Crippen molar-refractivity contribution in [2.45, 2.75) is 33.6 Å². The molecule has 1 heterocycles. The highest BCUT2D eigenvalue weighted by molar-refractivity contribution is 5.70. The first-order valence-corrected chi connectivity index (χ1v) is 5.94. The van der Waals surface area contributed by atoms with Gasteiger partial charge in [0.2, 0.25) is 0 Å². The minimum Gasteiger partial charge on any atom is -0.481 e. The Kier molecular flexibility index (Phi) is 4.58. The van der Waals surface area contributed by atoms with Crippen LogP contribution in [0.1, 0.15) is 33.6 Å². The van der Waals surface area contributed by atoms with Gasteiger partial charge in [-0.2, -0.15) is 0 Å². The molecule has 0 aliphatic carbocycles. The molecule has 0 aromatic rings. The van der Waals surface area contributed by atoms with E-state index in [2.05, 4.69) is 25.7 Å². The van der Waals surface area contributed by atoms with E-state index in [9.17, 15) is 4.79 Å². The number of carboxylic acids is 1. The third kappa shape index (κ3) is 4.20. The zero-order valence-electron chi connectivity index (χ0n) is 10.1. The van der Waals surface area contributed by atoms with E-state index in [1.165, 1.54) is 6.42 Å². The number of rotatable bonds is 4. The van der Waals surface area contributed by atoms with Crippen molar-refractivity contribution in [1.82, 2.24) is 4.90 Å². The van der Waals surface area contributed by atoms with E-state index in [4.69, 9.17) is 5.11 Å². The first kappa shape index (κ1) is 12.5. The van der Waals surface area contributed by atoms with Crippen molar-refractivity contribution in [2.24, 2.45) is 17.8 Å². The Morgan fingerprint density at radius 1 is 1.47 bits per heavy atom. The number of likely N-dealkylation sites (tertiary alicyclic amines) is 1. The normalized spacial score (nSPS) is 28.3. The van der Waals surface area contributed by atoms with Gasteiger partial charge in [-0.05, 0) is 31.2 Å². The van der Waals surface area contributed by atoms with Gasteiger partial charge in [0, 0.05) is 13.1 Å². The second-order valence-electron chi connectivity index (χ2n) is 5.32. The molecule has 2 atom stereocenters. The number of hydrogen-bond acceptors (Lipinski definition) is 2. The number of carboxylic acid groups (broad SMARTS) is 1. The molecule has 3 nitrogen and oxygen atoms in total. The lowest BCUT2D eigenvalue weighted by Crippen LogP contribution is -2.43. The molecule has 0 saturated carbocycles. The summed E-state index contributed by atoms with van der Waals surface area (Å²) in [5, 5.41) is 9.02. The van der Waals surface area contributed by atoms with Gasteiger partial charge in [-0.15, -0.1) is 0 Å². The van der Waals surface area contributed by atoms with Crippen molar-refractivity contribution < 1.29 is 9.90 Å². The zero-order valence-corrected chi connectivity index (χ0v) is 10.1. The number of aliphatic carboxylic acids is 1. The van der Waals surface area contributed by atoms with Crippen LogP contribution in [0.25, 0.3) is 0 Å². The highest BCUT2D eigenvalue weighted by atomic mass is 16.4. The van der Waals surface area contributed by atoms with Gasteiger partial charge in [0.05, 0.1) is 5.92 Å². The Bertz CT molecular complexity index is 216. The Balaban J connectivity index is 2.41. The number of carbonyl (C=O) groups is 1. The molecule has 1 fully saturated rings. The maximum absolute atomic E-state index is 11.0. The van der Waals surface area contributed by atoms with Gasteiger partial charge in [0.25, 0.3) is 0 Å². The molecular weight excluding hydrogens is 190 g/mol. The summed E-state index contributed by atoms with van der Waals surface area (Å²) in [7, 11) is 0. The van der Waals surface area contributed by atoms with Gasteiger partial charge in [-0.1, -0.05) is 20.8 Å². The number of piperidine rings is 1. The number of nitrogens with zero attached hydrogens (tertiary/aromatic N) is 1. The fourth-order valence-corrected chi connectivity index (χ4v) is 2.26. The van der Waals surface area contributed by atoms with Crippen LogP contribution in [-0.2, 0) is 4.79 Å². The average Bonchev–Trinajstić information content (AvgIpc) is 2.13. The van der Waals surface area contributed by atoms with Crippen LogP contribution in [0, 0.1) is 17.8 Å². The summed E-state index contributed by atoms with van der Waals surface area (Å²) in [4.78, 5) is 13.3. The lowest BCUT2D eigenvalue weighted by molar-refractivity contribution is -0.144. The van der Waals surface area contributed by atoms with Crippen molar-refractivity contribution in [1.29, 1.82) is 0 Å². The molecule has 0 radical (unpaired) electrons. The molecule has 15 heavy (non-hydrogen) atoms. The predicted octanol–water partition coefficient (Wildman–Crippen LogP) is 2.08. The van der Waals surface area contributed by atoms with Crippen LogP contribution in [0.5, 0.6) is 0 Å². The van der Waals surface area contributed by atoms with Crippen LogP contribution in [0.15, 0.2) is 0 Å². The zero-order chi connectivity index (χ0) is 11.4. The molecule has 1 aliphatic rings. The Morgan fingerprint density at radius 2 is 2.13 bits per heavy atom. The molecule has 88 valence electrons. The molecule has 3 heteroatoms. The Labute approximate surface area is 92.5 Å². The molecule has 1 N–H and O–H groups in total. The standard InChI is InChI=1S/C12H23NO2/c1-9(2)4-5-13-7-10(3)6-11(8-13)12(14)15/h9-11H,4-8H2,1-3H3,(H,14,15). The van der Waals surface area contributed by atoms with E-state index < -0.39 is 5.97 Å². The molecule has 0 bridgehead atoms. The monoisotopic (exact) mass is 213 g/mol. The van der Waals surface area contributed by atoms with Crippen LogP contribution in [0.4, 0.5) is 0 Å². The minimum atomic E-state index is -0.629. The highest BCUT2D eigenvalue weighted by Crippen LogP contribution is 2.22. The SMILES string of the molecule is CC(C)CCN1CC(C)CC(C(=O)O)C1. The average molecular weight is 213 g/mol. The second-order valence-corrected chi connectivity index (χ2v) is 5.32. The summed E-state index contributed by atoms with van der Waals surface area (Å²) in [6.45, 7) is 9.43. The first-order chi connectivity index (χ1) is 6.99.